The molecule has 0 aliphatic rings. The fourth-order valence-corrected chi connectivity index (χ4v) is 2.05. The van der Waals surface area contributed by atoms with Crippen molar-refractivity contribution in [1.82, 2.24) is 0 Å². The zero-order valence-corrected chi connectivity index (χ0v) is 12.5. The molecule has 0 radical (unpaired) electrons. The molecule has 0 unspecified atom stereocenters. The molecule has 6 nitrogen and oxygen atoms in total. The Hall–Kier alpha value is -3.15. The van der Waals surface area contributed by atoms with Crippen LogP contribution in [0.25, 0.3) is 11.1 Å². The van der Waals surface area contributed by atoms with Crippen LogP contribution in [0.3, 0.4) is 0 Å². The van der Waals surface area contributed by atoms with Crippen molar-refractivity contribution < 1.29 is 29.0 Å². The van der Waals surface area contributed by atoms with Gasteiger partial charge in [0.1, 0.15) is 11.5 Å². The number of hydrogen-bond donors (Lipinski definition) is 1. The molecule has 2 rings (SSSR count). The van der Waals surface area contributed by atoms with Crippen molar-refractivity contribution in [3.63, 3.8) is 0 Å². The lowest BCUT2D eigenvalue weighted by atomic mass is 9.99. The number of ether oxygens (including phenoxy) is 2. The molecule has 0 aliphatic heterocycles. The van der Waals surface area contributed by atoms with E-state index in [-0.39, 0.29) is 11.3 Å². The maximum absolute atomic E-state index is 11.4. The Morgan fingerprint density at radius 1 is 0.826 bits per heavy atom. The number of carboxylic acids is 1. The number of hydrogen-bond acceptors (Lipinski definition) is 5. The molecule has 1 N–H and O–H groups in total. The van der Waals surface area contributed by atoms with Crippen LogP contribution < -0.4 is 9.47 Å². The van der Waals surface area contributed by atoms with Crippen LogP contribution >= 0.6 is 0 Å². The number of benzene rings is 2. The molecule has 2 aromatic carbocycles. The van der Waals surface area contributed by atoms with Gasteiger partial charge in [0.15, 0.2) is 0 Å². The summed E-state index contributed by atoms with van der Waals surface area (Å²) in [6.07, 6.45) is 0. The number of rotatable bonds is 4. The molecule has 0 aliphatic carbocycles. The molecule has 0 spiro atoms. The highest BCUT2D eigenvalue weighted by molar-refractivity contribution is 5.96. The largest absolute Gasteiger partial charge is 0.478 e. The Balaban J connectivity index is 2.44. The molecule has 2 aromatic rings. The predicted molar refractivity (Wildman–Crippen MR) is 81.5 cm³/mol. The number of esters is 2. The summed E-state index contributed by atoms with van der Waals surface area (Å²) in [5, 5.41) is 9.30. The second-order valence-electron chi connectivity index (χ2n) is 4.72. The standard InChI is InChI=1S/C17H14O6/c1-10(18)22-13-5-3-12(4-6-13)16-9-14(23-11(2)19)7-8-15(16)17(20)21/h3-9H,1-2H3,(H,20,21). The lowest BCUT2D eigenvalue weighted by Crippen LogP contribution is -2.04. The first-order valence-corrected chi connectivity index (χ1v) is 6.71. The molecule has 0 heterocycles. The van der Waals surface area contributed by atoms with Crippen molar-refractivity contribution in [3.8, 4) is 22.6 Å². The average Bonchev–Trinajstić information content (AvgIpc) is 2.46. The fourth-order valence-electron chi connectivity index (χ4n) is 2.05. The first-order valence-electron chi connectivity index (χ1n) is 6.71. The molecular weight excluding hydrogens is 300 g/mol. The van der Waals surface area contributed by atoms with Crippen LogP contribution in [-0.4, -0.2) is 23.0 Å². The summed E-state index contributed by atoms with van der Waals surface area (Å²) in [4.78, 5) is 33.3. The Morgan fingerprint density at radius 3 is 1.87 bits per heavy atom. The van der Waals surface area contributed by atoms with Gasteiger partial charge >= 0.3 is 17.9 Å². The Labute approximate surface area is 132 Å². The van der Waals surface area contributed by atoms with Gasteiger partial charge in [0.05, 0.1) is 5.56 Å². The summed E-state index contributed by atoms with van der Waals surface area (Å²) in [5.74, 6) is -1.43. The highest BCUT2D eigenvalue weighted by Gasteiger charge is 2.14. The lowest BCUT2D eigenvalue weighted by molar-refractivity contribution is -0.132. The van der Waals surface area contributed by atoms with Crippen molar-refractivity contribution in [3.05, 3.63) is 48.0 Å². The van der Waals surface area contributed by atoms with E-state index >= 15 is 0 Å². The summed E-state index contributed by atoms with van der Waals surface area (Å²) in [6, 6.07) is 10.6. The van der Waals surface area contributed by atoms with Crippen LogP contribution in [0.15, 0.2) is 42.5 Å². The SMILES string of the molecule is CC(=O)Oc1ccc(-c2cc(OC(C)=O)ccc2C(=O)O)cc1. The minimum absolute atomic E-state index is 0.0705. The van der Waals surface area contributed by atoms with Gasteiger partial charge in [-0.3, -0.25) is 9.59 Å². The van der Waals surface area contributed by atoms with Crippen molar-refractivity contribution in [2.24, 2.45) is 0 Å². The molecule has 0 atom stereocenters. The van der Waals surface area contributed by atoms with Crippen molar-refractivity contribution >= 4 is 17.9 Å². The third-order valence-electron chi connectivity index (χ3n) is 2.91. The molecule has 0 saturated carbocycles. The summed E-state index contributed by atoms with van der Waals surface area (Å²) in [5.41, 5.74) is 1.05. The molecular formula is C17H14O6. The Bertz CT molecular complexity index is 761. The third-order valence-corrected chi connectivity index (χ3v) is 2.91. The summed E-state index contributed by atoms with van der Waals surface area (Å²) in [6.45, 7) is 2.55. The number of carbonyl (C=O) groups excluding carboxylic acids is 2. The van der Waals surface area contributed by atoms with Gasteiger partial charge in [-0.1, -0.05) is 12.1 Å². The average molecular weight is 314 g/mol. The van der Waals surface area contributed by atoms with E-state index < -0.39 is 17.9 Å². The first-order chi connectivity index (χ1) is 10.9. The zero-order chi connectivity index (χ0) is 17.0. The molecule has 0 amide bonds. The summed E-state index contributed by atoms with van der Waals surface area (Å²) < 4.78 is 9.92. The predicted octanol–water partition coefficient (Wildman–Crippen LogP) is 2.90. The smallest absolute Gasteiger partial charge is 0.336 e. The molecule has 0 aromatic heterocycles. The second-order valence-corrected chi connectivity index (χ2v) is 4.72. The quantitative estimate of drug-likeness (QED) is 0.689. The van der Waals surface area contributed by atoms with E-state index in [0.29, 0.717) is 16.9 Å². The van der Waals surface area contributed by atoms with E-state index in [1.54, 1.807) is 24.3 Å². The summed E-state index contributed by atoms with van der Waals surface area (Å²) in [7, 11) is 0. The highest BCUT2D eigenvalue weighted by Crippen LogP contribution is 2.29. The van der Waals surface area contributed by atoms with Crippen molar-refractivity contribution in [1.29, 1.82) is 0 Å². The van der Waals surface area contributed by atoms with Gasteiger partial charge in [0.25, 0.3) is 0 Å². The van der Waals surface area contributed by atoms with Gasteiger partial charge < -0.3 is 14.6 Å². The lowest BCUT2D eigenvalue weighted by Gasteiger charge is -2.10. The van der Waals surface area contributed by atoms with Gasteiger partial charge in [-0.2, -0.15) is 0 Å². The molecule has 23 heavy (non-hydrogen) atoms. The molecule has 0 saturated heterocycles. The topological polar surface area (TPSA) is 89.9 Å². The molecule has 6 heteroatoms. The van der Waals surface area contributed by atoms with E-state index in [1.807, 2.05) is 0 Å². The minimum Gasteiger partial charge on any atom is -0.478 e. The second kappa shape index (κ2) is 6.74. The van der Waals surface area contributed by atoms with Gasteiger partial charge in [0, 0.05) is 13.8 Å². The van der Waals surface area contributed by atoms with E-state index in [0.717, 1.165) is 0 Å². The van der Waals surface area contributed by atoms with Gasteiger partial charge in [0.2, 0.25) is 0 Å². The number of carbonyl (C=O) groups is 3. The number of carboxylic acid groups (broad SMARTS) is 1. The third kappa shape index (κ3) is 4.16. The van der Waals surface area contributed by atoms with Gasteiger partial charge in [-0.25, -0.2) is 4.79 Å². The van der Waals surface area contributed by atoms with Crippen LogP contribution in [-0.2, 0) is 9.59 Å². The van der Waals surface area contributed by atoms with Crippen molar-refractivity contribution in [2.75, 3.05) is 0 Å². The normalized spacial score (nSPS) is 10.0. The number of aromatic carboxylic acids is 1. The molecule has 0 fully saturated rings. The minimum atomic E-state index is -1.10. The van der Waals surface area contributed by atoms with Crippen LogP contribution in [0.5, 0.6) is 11.5 Å². The van der Waals surface area contributed by atoms with Crippen LogP contribution in [0, 0.1) is 0 Å². The highest BCUT2D eigenvalue weighted by atomic mass is 16.5. The van der Waals surface area contributed by atoms with Crippen LogP contribution in [0.4, 0.5) is 0 Å². The van der Waals surface area contributed by atoms with Crippen LogP contribution in [0.1, 0.15) is 24.2 Å². The van der Waals surface area contributed by atoms with E-state index in [1.165, 1.54) is 32.0 Å². The Morgan fingerprint density at radius 2 is 1.35 bits per heavy atom. The van der Waals surface area contributed by atoms with Gasteiger partial charge in [-0.15, -0.1) is 0 Å². The zero-order valence-electron chi connectivity index (χ0n) is 12.5. The maximum atomic E-state index is 11.4. The van der Waals surface area contributed by atoms with Gasteiger partial charge in [-0.05, 0) is 41.5 Å². The van der Waals surface area contributed by atoms with Crippen LogP contribution in [0.2, 0.25) is 0 Å². The maximum Gasteiger partial charge on any atom is 0.336 e. The van der Waals surface area contributed by atoms with E-state index in [9.17, 15) is 19.5 Å². The Kier molecular flexibility index (Phi) is 4.75. The molecule has 118 valence electrons. The fraction of sp³-hybridized carbons (Fsp3) is 0.118. The summed E-state index contributed by atoms with van der Waals surface area (Å²) >= 11 is 0. The van der Waals surface area contributed by atoms with E-state index in [2.05, 4.69) is 0 Å². The monoisotopic (exact) mass is 314 g/mol. The van der Waals surface area contributed by atoms with Crippen molar-refractivity contribution in [2.45, 2.75) is 13.8 Å². The van der Waals surface area contributed by atoms with E-state index in [4.69, 9.17) is 9.47 Å². The first kappa shape index (κ1) is 16.2. The molecule has 0 bridgehead atoms.